The van der Waals surface area contributed by atoms with Crippen LogP contribution in [0.15, 0.2) is 36.7 Å². The molecule has 0 radical (unpaired) electrons. The summed E-state index contributed by atoms with van der Waals surface area (Å²) < 4.78 is 44.8. The largest absolute Gasteiger partial charge is 0.573 e. The number of fused-ring (bicyclic) bond motifs is 3. The molecule has 0 fully saturated rings. The van der Waals surface area contributed by atoms with E-state index in [4.69, 9.17) is 5.73 Å². The minimum absolute atomic E-state index is 0.0326. The average Bonchev–Trinajstić information content (AvgIpc) is 3.18. The quantitative estimate of drug-likeness (QED) is 0.535. The van der Waals surface area contributed by atoms with Crippen LogP contribution >= 0.6 is 11.3 Å². The fourth-order valence-corrected chi connectivity index (χ4v) is 3.63. The number of carbonyl (C=O) groups is 1. The predicted molar refractivity (Wildman–Crippen MR) is 98.8 cm³/mol. The fraction of sp³-hybridized carbons (Fsp3) is 0.118. The van der Waals surface area contributed by atoms with E-state index in [1.807, 2.05) is 23.7 Å². The summed E-state index contributed by atoms with van der Waals surface area (Å²) in [6, 6.07) is 7.12. The highest BCUT2D eigenvalue weighted by Gasteiger charge is 2.32. The molecule has 0 saturated heterocycles. The number of alkyl halides is 3. The molecular weight excluding hydrogens is 395 g/mol. The van der Waals surface area contributed by atoms with E-state index in [9.17, 15) is 18.0 Å². The summed E-state index contributed by atoms with van der Waals surface area (Å²) in [6.07, 6.45) is -3.24. The van der Waals surface area contributed by atoms with Gasteiger partial charge in [-0.1, -0.05) is 11.3 Å². The Morgan fingerprint density at radius 2 is 2.04 bits per heavy atom. The van der Waals surface area contributed by atoms with Crippen molar-refractivity contribution in [3.63, 3.8) is 0 Å². The maximum Gasteiger partial charge on any atom is 0.573 e. The molecule has 3 N–H and O–H groups in total. The number of hydrogen-bond acceptors (Lipinski definition) is 6. The standard InChI is InChI=1S/C17H12F3N5O2S/c1-25-7-22-13-10(25)3-5-12-14(13)24-16(28-12)23-9-6-8(15(21)26)2-4-11(9)27-17(18,19)20/h2-7H,1H3,(H2,21,26)(H,23,24). The Bertz CT molecular complexity index is 1210. The summed E-state index contributed by atoms with van der Waals surface area (Å²) in [4.78, 5) is 20.2. The SMILES string of the molecule is Cn1cnc2c3nc(Nc4cc(C(N)=O)ccc4OC(F)(F)F)sc3ccc21. The van der Waals surface area contributed by atoms with Crippen LogP contribution in [0.5, 0.6) is 5.75 Å². The Balaban J connectivity index is 1.78. The number of ether oxygens (including phenoxy) is 1. The lowest BCUT2D eigenvalue weighted by molar-refractivity contribution is -0.274. The molecule has 0 spiro atoms. The number of amides is 1. The van der Waals surface area contributed by atoms with Crippen LogP contribution < -0.4 is 15.8 Å². The Hall–Kier alpha value is -3.34. The first-order valence-corrected chi connectivity index (χ1v) is 8.70. The van der Waals surface area contributed by atoms with Crippen molar-refractivity contribution in [1.29, 1.82) is 0 Å². The van der Waals surface area contributed by atoms with Crippen LogP contribution in [-0.4, -0.2) is 26.8 Å². The van der Waals surface area contributed by atoms with Crippen molar-refractivity contribution < 1.29 is 22.7 Å². The Kier molecular flexibility index (Phi) is 4.11. The number of aryl methyl sites for hydroxylation is 1. The highest BCUT2D eigenvalue weighted by atomic mass is 32.1. The second kappa shape index (κ2) is 6.37. The van der Waals surface area contributed by atoms with Gasteiger partial charge >= 0.3 is 6.36 Å². The van der Waals surface area contributed by atoms with Gasteiger partial charge in [-0.3, -0.25) is 4.79 Å². The van der Waals surface area contributed by atoms with E-state index in [2.05, 4.69) is 20.0 Å². The van der Waals surface area contributed by atoms with Gasteiger partial charge in [0.05, 0.1) is 22.2 Å². The zero-order chi connectivity index (χ0) is 20.1. The zero-order valence-corrected chi connectivity index (χ0v) is 15.1. The minimum atomic E-state index is -4.89. The molecule has 144 valence electrons. The molecule has 2 heterocycles. The molecule has 0 aliphatic rings. The number of carbonyl (C=O) groups excluding carboxylic acids is 1. The number of nitrogens with zero attached hydrogens (tertiary/aromatic N) is 3. The lowest BCUT2D eigenvalue weighted by Crippen LogP contribution is -2.18. The predicted octanol–water partition coefficient (Wildman–Crippen LogP) is 3.92. The van der Waals surface area contributed by atoms with Crippen molar-refractivity contribution in [2.24, 2.45) is 12.8 Å². The first-order valence-electron chi connectivity index (χ1n) is 7.88. The Labute approximate surface area is 159 Å². The molecule has 11 heteroatoms. The van der Waals surface area contributed by atoms with Crippen LogP contribution in [0.25, 0.3) is 21.3 Å². The first kappa shape index (κ1) is 18.0. The van der Waals surface area contributed by atoms with Crippen LogP contribution in [0.4, 0.5) is 24.0 Å². The molecule has 28 heavy (non-hydrogen) atoms. The van der Waals surface area contributed by atoms with Crippen LogP contribution in [0.2, 0.25) is 0 Å². The number of halogens is 3. The van der Waals surface area contributed by atoms with Crippen LogP contribution in [0.3, 0.4) is 0 Å². The Morgan fingerprint density at radius 1 is 1.25 bits per heavy atom. The number of nitrogens with two attached hydrogens (primary N) is 1. The Morgan fingerprint density at radius 3 is 2.75 bits per heavy atom. The summed E-state index contributed by atoms with van der Waals surface area (Å²) in [7, 11) is 1.85. The first-order chi connectivity index (χ1) is 13.2. The second-order valence-corrected chi connectivity index (χ2v) is 6.93. The number of imidazole rings is 1. The second-order valence-electron chi connectivity index (χ2n) is 5.90. The average molecular weight is 407 g/mol. The number of nitrogens with one attached hydrogen (secondary N) is 1. The van der Waals surface area contributed by atoms with Gasteiger partial charge in [0.2, 0.25) is 5.91 Å². The van der Waals surface area contributed by atoms with Gasteiger partial charge in [-0.05, 0) is 30.3 Å². The number of anilines is 2. The van der Waals surface area contributed by atoms with E-state index >= 15 is 0 Å². The van der Waals surface area contributed by atoms with Gasteiger partial charge < -0.3 is 20.4 Å². The third kappa shape index (κ3) is 3.31. The summed E-state index contributed by atoms with van der Waals surface area (Å²) in [6.45, 7) is 0. The number of benzene rings is 2. The molecule has 0 unspecified atom stereocenters. The monoisotopic (exact) mass is 407 g/mol. The van der Waals surface area contributed by atoms with Crippen molar-refractivity contribution in [3.05, 3.63) is 42.2 Å². The van der Waals surface area contributed by atoms with E-state index in [0.717, 1.165) is 22.3 Å². The number of rotatable bonds is 4. The maximum atomic E-state index is 12.7. The molecule has 2 aromatic carbocycles. The highest BCUT2D eigenvalue weighted by Crippen LogP contribution is 2.37. The van der Waals surface area contributed by atoms with Crippen LogP contribution in [0, 0.1) is 0 Å². The van der Waals surface area contributed by atoms with Gasteiger partial charge in [0.25, 0.3) is 0 Å². The van der Waals surface area contributed by atoms with Crippen LogP contribution in [-0.2, 0) is 7.05 Å². The van der Waals surface area contributed by atoms with Crippen molar-refractivity contribution in [3.8, 4) is 5.75 Å². The summed E-state index contributed by atoms with van der Waals surface area (Å²) in [5.74, 6) is -1.28. The van der Waals surface area contributed by atoms with Gasteiger partial charge in [0.15, 0.2) is 10.9 Å². The molecule has 7 nitrogen and oxygen atoms in total. The van der Waals surface area contributed by atoms with Crippen LogP contribution in [0.1, 0.15) is 10.4 Å². The number of primary amides is 1. The topological polar surface area (TPSA) is 95.1 Å². The lowest BCUT2D eigenvalue weighted by atomic mass is 10.2. The van der Waals surface area contributed by atoms with Crippen molar-refractivity contribution in [1.82, 2.24) is 14.5 Å². The van der Waals surface area contributed by atoms with E-state index in [1.165, 1.54) is 17.4 Å². The fourth-order valence-electron chi connectivity index (χ4n) is 2.75. The summed E-state index contributed by atoms with van der Waals surface area (Å²) >= 11 is 1.23. The maximum absolute atomic E-state index is 12.7. The summed E-state index contributed by atoms with van der Waals surface area (Å²) in [5, 5.41) is 3.11. The molecule has 1 amide bonds. The molecule has 0 bridgehead atoms. The van der Waals surface area contributed by atoms with E-state index in [-0.39, 0.29) is 11.3 Å². The molecular formula is C17H12F3N5O2S. The molecule has 0 aliphatic heterocycles. The van der Waals surface area contributed by atoms with E-state index < -0.39 is 18.0 Å². The molecule has 4 rings (SSSR count). The molecule has 0 saturated carbocycles. The molecule has 2 aromatic heterocycles. The summed E-state index contributed by atoms with van der Waals surface area (Å²) in [5.41, 5.74) is 7.36. The number of thiazole rings is 1. The van der Waals surface area contributed by atoms with Gasteiger partial charge in [-0.2, -0.15) is 0 Å². The zero-order valence-electron chi connectivity index (χ0n) is 14.2. The van der Waals surface area contributed by atoms with Crippen molar-refractivity contribution >= 4 is 49.3 Å². The van der Waals surface area contributed by atoms with Gasteiger partial charge in [-0.15, -0.1) is 13.2 Å². The van der Waals surface area contributed by atoms with Gasteiger partial charge in [0.1, 0.15) is 11.0 Å². The highest BCUT2D eigenvalue weighted by molar-refractivity contribution is 7.22. The third-order valence-electron chi connectivity index (χ3n) is 3.98. The molecule has 4 aromatic rings. The van der Waals surface area contributed by atoms with E-state index in [0.29, 0.717) is 16.2 Å². The molecule has 0 aliphatic carbocycles. The third-order valence-corrected chi connectivity index (χ3v) is 4.92. The van der Waals surface area contributed by atoms with Crippen molar-refractivity contribution in [2.75, 3.05) is 5.32 Å². The normalized spacial score (nSPS) is 11.9. The van der Waals surface area contributed by atoms with Gasteiger partial charge in [-0.25, -0.2) is 9.97 Å². The molecule has 0 atom stereocenters. The minimum Gasteiger partial charge on any atom is -0.404 e. The lowest BCUT2D eigenvalue weighted by Gasteiger charge is -2.14. The smallest absolute Gasteiger partial charge is 0.404 e. The van der Waals surface area contributed by atoms with Crippen molar-refractivity contribution in [2.45, 2.75) is 6.36 Å². The van der Waals surface area contributed by atoms with E-state index in [1.54, 1.807) is 6.33 Å². The number of aromatic nitrogens is 3. The van der Waals surface area contributed by atoms with Gasteiger partial charge in [0, 0.05) is 12.6 Å². The number of hydrogen-bond donors (Lipinski definition) is 2.